The summed E-state index contributed by atoms with van der Waals surface area (Å²) in [6, 6.07) is 6.88. The van der Waals surface area contributed by atoms with Crippen LogP contribution in [0.15, 0.2) is 36.5 Å². The maximum Gasteiger partial charge on any atom is 0.573 e. The lowest BCUT2D eigenvalue weighted by Crippen LogP contribution is -2.40. The second-order valence-electron chi connectivity index (χ2n) is 6.46. The standard InChI is InChI=1S/C18H16F3N5O3/c19-18(20,21)29-12-3-1-11(2-4-12)26-17-15(16(25-26)10-7-22-8-10)13(5-6-23-17)24-14(28)9-27/h1-6,10,22,27H,7-9H2,(H,23,24,28). The van der Waals surface area contributed by atoms with Crippen molar-refractivity contribution in [3.8, 4) is 11.4 Å². The van der Waals surface area contributed by atoms with Crippen molar-refractivity contribution in [2.75, 3.05) is 25.0 Å². The highest BCUT2D eigenvalue weighted by Gasteiger charge is 2.31. The summed E-state index contributed by atoms with van der Waals surface area (Å²) in [5.41, 5.74) is 2.09. The average Bonchev–Trinajstić information content (AvgIpc) is 3.00. The van der Waals surface area contributed by atoms with Crippen LogP contribution in [0.25, 0.3) is 16.7 Å². The molecular weight excluding hydrogens is 391 g/mol. The van der Waals surface area contributed by atoms with E-state index in [1.165, 1.54) is 35.1 Å². The topological polar surface area (TPSA) is 101 Å². The van der Waals surface area contributed by atoms with Gasteiger partial charge in [0.2, 0.25) is 5.91 Å². The predicted octanol–water partition coefficient (Wildman–Crippen LogP) is 1.94. The fraction of sp³-hybridized carbons (Fsp3) is 0.278. The number of alkyl halides is 3. The largest absolute Gasteiger partial charge is 0.573 e. The summed E-state index contributed by atoms with van der Waals surface area (Å²) in [6.45, 7) is 0.735. The molecule has 1 amide bonds. The van der Waals surface area contributed by atoms with Gasteiger partial charge in [0.05, 0.1) is 22.5 Å². The SMILES string of the molecule is O=C(CO)Nc1ccnc2c1c(C1CNC1)nn2-c1ccc(OC(F)(F)F)cc1. The molecule has 29 heavy (non-hydrogen) atoms. The van der Waals surface area contributed by atoms with Gasteiger partial charge in [-0.2, -0.15) is 5.10 Å². The minimum Gasteiger partial charge on any atom is -0.406 e. The molecular formula is C18H16F3N5O3. The highest BCUT2D eigenvalue weighted by molar-refractivity contribution is 6.02. The van der Waals surface area contributed by atoms with E-state index in [4.69, 9.17) is 5.11 Å². The van der Waals surface area contributed by atoms with E-state index in [1.807, 2.05) is 0 Å². The van der Waals surface area contributed by atoms with Crippen molar-refractivity contribution in [2.45, 2.75) is 12.3 Å². The van der Waals surface area contributed by atoms with Crippen molar-refractivity contribution in [2.24, 2.45) is 0 Å². The minimum absolute atomic E-state index is 0.0977. The van der Waals surface area contributed by atoms with Gasteiger partial charge < -0.3 is 20.5 Å². The summed E-state index contributed by atoms with van der Waals surface area (Å²) in [7, 11) is 0. The number of pyridine rings is 1. The summed E-state index contributed by atoms with van der Waals surface area (Å²) in [5.74, 6) is -0.817. The second kappa shape index (κ2) is 7.33. The van der Waals surface area contributed by atoms with Gasteiger partial charge in [0, 0.05) is 25.2 Å². The van der Waals surface area contributed by atoms with Crippen molar-refractivity contribution in [3.63, 3.8) is 0 Å². The van der Waals surface area contributed by atoms with E-state index in [1.54, 1.807) is 6.07 Å². The number of aromatic nitrogens is 3. The Hall–Kier alpha value is -3.18. The first-order valence-electron chi connectivity index (χ1n) is 8.71. The molecule has 4 rings (SSSR count). The second-order valence-corrected chi connectivity index (χ2v) is 6.46. The zero-order valence-electron chi connectivity index (χ0n) is 14.9. The molecule has 0 spiro atoms. The number of nitrogens with zero attached hydrogens (tertiary/aromatic N) is 3. The summed E-state index contributed by atoms with van der Waals surface area (Å²) in [4.78, 5) is 16.0. The van der Waals surface area contributed by atoms with E-state index < -0.39 is 18.9 Å². The van der Waals surface area contributed by atoms with E-state index >= 15 is 0 Å². The van der Waals surface area contributed by atoms with Crippen LogP contribution in [-0.4, -0.2) is 51.8 Å². The van der Waals surface area contributed by atoms with Crippen LogP contribution >= 0.6 is 0 Å². The zero-order chi connectivity index (χ0) is 20.6. The van der Waals surface area contributed by atoms with Crippen molar-refractivity contribution >= 4 is 22.6 Å². The summed E-state index contributed by atoms with van der Waals surface area (Å²) < 4.78 is 42.6. The Kier molecular flexibility index (Phi) is 4.84. The van der Waals surface area contributed by atoms with Gasteiger partial charge in [0.25, 0.3) is 0 Å². The molecule has 1 aromatic carbocycles. The molecule has 0 bridgehead atoms. The van der Waals surface area contributed by atoms with Crippen molar-refractivity contribution in [1.29, 1.82) is 0 Å². The molecule has 3 heterocycles. The molecule has 152 valence electrons. The van der Waals surface area contributed by atoms with Gasteiger partial charge in [0.15, 0.2) is 5.65 Å². The predicted molar refractivity (Wildman–Crippen MR) is 96.9 cm³/mol. The quantitative estimate of drug-likeness (QED) is 0.598. The fourth-order valence-electron chi connectivity index (χ4n) is 3.10. The number of rotatable bonds is 5. The van der Waals surface area contributed by atoms with Gasteiger partial charge in [-0.3, -0.25) is 4.79 Å². The number of benzene rings is 1. The molecule has 11 heteroatoms. The molecule has 0 unspecified atom stereocenters. The molecule has 0 saturated carbocycles. The lowest BCUT2D eigenvalue weighted by Gasteiger charge is -2.25. The zero-order valence-corrected chi connectivity index (χ0v) is 14.9. The maximum atomic E-state index is 12.4. The molecule has 0 atom stereocenters. The third-order valence-corrected chi connectivity index (χ3v) is 4.50. The number of carbonyl (C=O) groups excluding carboxylic acids is 1. The van der Waals surface area contributed by atoms with Gasteiger partial charge in [-0.25, -0.2) is 9.67 Å². The van der Waals surface area contributed by atoms with Crippen LogP contribution in [0.5, 0.6) is 5.75 Å². The van der Waals surface area contributed by atoms with Gasteiger partial charge in [-0.05, 0) is 30.3 Å². The summed E-state index contributed by atoms with van der Waals surface area (Å²) >= 11 is 0. The first-order valence-corrected chi connectivity index (χ1v) is 8.71. The van der Waals surface area contributed by atoms with Crippen LogP contribution in [0.4, 0.5) is 18.9 Å². The molecule has 1 fully saturated rings. The number of aliphatic hydroxyl groups is 1. The number of ether oxygens (including phenoxy) is 1. The maximum absolute atomic E-state index is 12.4. The van der Waals surface area contributed by atoms with Gasteiger partial charge >= 0.3 is 6.36 Å². The Morgan fingerprint density at radius 2 is 2.00 bits per heavy atom. The van der Waals surface area contributed by atoms with Crippen LogP contribution in [0.2, 0.25) is 0 Å². The number of halogens is 3. The number of carbonyl (C=O) groups is 1. The summed E-state index contributed by atoms with van der Waals surface area (Å²) in [5, 5.41) is 20.1. The van der Waals surface area contributed by atoms with Crippen LogP contribution < -0.4 is 15.4 Å². The van der Waals surface area contributed by atoms with Gasteiger partial charge in [-0.15, -0.1) is 13.2 Å². The third-order valence-electron chi connectivity index (χ3n) is 4.50. The van der Waals surface area contributed by atoms with Crippen molar-refractivity contribution in [1.82, 2.24) is 20.1 Å². The first kappa shape index (κ1) is 19.2. The molecule has 3 aromatic rings. The molecule has 3 N–H and O–H groups in total. The minimum atomic E-state index is -4.77. The lowest BCUT2D eigenvalue weighted by atomic mass is 9.96. The molecule has 2 aromatic heterocycles. The van der Waals surface area contributed by atoms with Crippen molar-refractivity contribution < 1.29 is 27.8 Å². The first-order chi connectivity index (χ1) is 13.9. The van der Waals surface area contributed by atoms with E-state index in [2.05, 4.69) is 25.5 Å². The van der Waals surface area contributed by atoms with Crippen LogP contribution in [0, 0.1) is 0 Å². The Morgan fingerprint density at radius 1 is 1.28 bits per heavy atom. The van der Waals surface area contributed by atoms with Gasteiger partial charge in [0.1, 0.15) is 12.4 Å². The fourth-order valence-corrected chi connectivity index (χ4v) is 3.10. The third kappa shape index (κ3) is 3.87. The van der Waals surface area contributed by atoms with Crippen LogP contribution in [0.3, 0.4) is 0 Å². The van der Waals surface area contributed by atoms with E-state index in [0.29, 0.717) is 41.2 Å². The molecule has 0 radical (unpaired) electrons. The van der Waals surface area contributed by atoms with E-state index in [-0.39, 0.29) is 11.7 Å². The average molecular weight is 407 g/mol. The molecule has 1 aliphatic rings. The van der Waals surface area contributed by atoms with Crippen LogP contribution in [0.1, 0.15) is 11.6 Å². The Bertz CT molecular complexity index is 1050. The smallest absolute Gasteiger partial charge is 0.406 e. The Labute approximate surface area is 162 Å². The number of nitrogens with one attached hydrogen (secondary N) is 2. The highest BCUT2D eigenvalue weighted by Crippen LogP contribution is 2.34. The number of anilines is 1. The number of hydrogen-bond acceptors (Lipinski definition) is 6. The Balaban J connectivity index is 1.79. The number of fused-ring (bicyclic) bond motifs is 1. The summed E-state index contributed by atoms with van der Waals surface area (Å²) in [6.07, 6.45) is -3.29. The van der Waals surface area contributed by atoms with Gasteiger partial charge in [-0.1, -0.05) is 0 Å². The van der Waals surface area contributed by atoms with E-state index in [0.717, 1.165) is 0 Å². The molecule has 0 aliphatic carbocycles. The monoisotopic (exact) mass is 407 g/mol. The van der Waals surface area contributed by atoms with E-state index in [9.17, 15) is 18.0 Å². The molecule has 1 saturated heterocycles. The number of hydrogen-bond donors (Lipinski definition) is 3. The van der Waals surface area contributed by atoms with Crippen LogP contribution in [-0.2, 0) is 4.79 Å². The normalized spacial score (nSPS) is 14.6. The Morgan fingerprint density at radius 3 is 2.59 bits per heavy atom. The molecule has 1 aliphatic heterocycles. The lowest BCUT2D eigenvalue weighted by molar-refractivity contribution is -0.274. The number of aliphatic hydroxyl groups excluding tert-OH is 1. The molecule has 8 nitrogen and oxygen atoms in total. The van der Waals surface area contributed by atoms with Crippen molar-refractivity contribution in [3.05, 3.63) is 42.2 Å². The number of amides is 1. The highest BCUT2D eigenvalue weighted by atomic mass is 19.4.